The first-order valence-corrected chi connectivity index (χ1v) is 6.63. The highest BCUT2D eigenvalue weighted by atomic mass is 19.1. The maximum atomic E-state index is 12.7. The van der Waals surface area contributed by atoms with Crippen molar-refractivity contribution >= 4 is 12.0 Å². The highest BCUT2D eigenvalue weighted by Crippen LogP contribution is 2.12. The van der Waals surface area contributed by atoms with E-state index in [4.69, 9.17) is 0 Å². The van der Waals surface area contributed by atoms with Crippen LogP contribution in [0.1, 0.15) is 25.0 Å². The molecule has 2 amide bonds. The third-order valence-corrected chi connectivity index (χ3v) is 2.64. The number of alkyl carbamates (subject to hydrolysis) is 1. The van der Waals surface area contributed by atoms with Gasteiger partial charge in [-0.25, -0.2) is 9.18 Å². The van der Waals surface area contributed by atoms with Crippen LogP contribution in [0.25, 0.3) is 0 Å². The summed E-state index contributed by atoms with van der Waals surface area (Å²) in [7, 11) is 0. The van der Waals surface area contributed by atoms with Crippen LogP contribution in [0.4, 0.5) is 9.18 Å². The molecule has 0 saturated carbocycles. The number of halogens is 1. The molecule has 7 heteroatoms. The molecule has 0 aliphatic rings. The highest BCUT2D eigenvalue weighted by molar-refractivity contribution is 5.77. The lowest BCUT2D eigenvalue weighted by molar-refractivity contribution is -0.121. The van der Waals surface area contributed by atoms with E-state index >= 15 is 0 Å². The van der Waals surface area contributed by atoms with E-state index in [9.17, 15) is 19.1 Å². The van der Waals surface area contributed by atoms with Gasteiger partial charge >= 0.3 is 6.09 Å². The van der Waals surface area contributed by atoms with Crippen molar-refractivity contribution in [2.75, 3.05) is 19.7 Å². The second-order valence-electron chi connectivity index (χ2n) is 4.27. The zero-order valence-corrected chi connectivity index (χ0v) is 11.8. The molecule has 1 aromatic carbocycles. The minimum atomic E-state index is -0.910. The fraction of sp³-hybridized carbons (Fsp3) is 0.429. The number of amides is 2. The second kappa shape index (κ2) is 8.91. The van der Waals surface area contributed by atoms with Gasteiger partial charge in [0.2, 0.25) is 5.91 Å². The molecule has 6 nitrogen and oxygen atoms in total. The Hall–Kier alpha value is -2.15. The fourth-order valence-electron chi connectivity index (χ4n) is 1.56. The topological polar surface area (TPSA) is 87.7 Å². The standard InChI is InChI=1S/C14H19FN2O4/c1-2-21-14(20)16-8-7-13(19)17-9-12(18)10-3-5-11(15)6-4-10/h3-6,12,18H,2,7-9H2,1H3,(H,16,20)(H,17,19). The van der Waals surface area contributed by atoms with E-state index in [1.165, 1.54) is 24.3 Å². The van der Waals surface area contributed by atoms with E-state index in [0.29, 0.717) is 5.56 Å². The van der Waals surface area contributed by atoms with Crippen molar-refractivity contribution in [2.45, 2.75) is 19.4 Å². The lowest BCUT2D eigenvalue weighted by atomic mass is 10.1. The fourth-order valence-corrected chi connectivity index (χ4v) is 1.56. The summed E-state index contributed by atoms with van der Waals surface area (Å²) in [6, 6.07) is 5.39. The molecule has 0 saturated heterocycles. The van der Waals surface area contributed by atoms with Gasteiger partial charge in [0.15, 0.2) is 0 Å². The Kier molecular flexibility index (Phi) is 7.17. The Morgan fingerprint density at radius 2 is 1.95 bits per heavy atom. The SMILES string of the molecule is CCOC(=O)NCCC(=O)NCC(O)c1ccc(F)cc1. The molecule has 0 radical (unpaired) electrons. The third kappa shape index (κ3) is 6.71. The molecule has 1 aromatic rings. The molecule has 1 atom stereocenters. The quantitative estimate of drug-likeness (QED) is 0.703. The van der Waals surface area contributed by atoms with Gasteiger partial charge in [-0.05, 0) is 24.6 Å². The van der Waals surface area contributed by atoms with Crippen molar-refractivity contribution in [2.24, 2.45) is 0 Å². The number of rotatable bonds is 7. The van der Waals surface area contributed by atoms with Crippen LogP contribution >= 0.6 is 0 Å². The molecule has 116 valence electrons. The summed E-state index contributed by atoms with van der Waals surface area (Å²) in [5, 5.41) is 14.8. The highest BCUT2D eigenvalue weighted by Gasteiger charge is 2.10. The molecule has 3 N–H and O–H groups in total. The Morgan fingerprint density at radius 3 is 2.57 bits per heavy atom. The summed E-state index contributed by atoms with van der Waals surface area (Å²) >= 11 is 0. The molecule has 0 heterocycles. The molecule has 1 rings (SSSR count). The smallest absolute Gasteiger partial charge is 0.407 e. The Balaban J connectivity index is 2.23. The van der Waals surface area contributed by atoms with Crippen molar-refractivity contribution in [1.82, 2.24) is 10.6 Å². The Bertz CT molecular complexity index is 465. The van der Waals surface area contributed by atoms with Crippen LogP contribution in [0.15, 0.2) is 24.3 Å². The summed E-state index contributed by atoms with van der Waals surface area (Å²) < 4.78 is 17.4. The number of ether oxygens (including phenoxy) is 1. The number of hydrogen-bond acceptors (Lipinski definition) is 4. The van der Waals surface area contributed by atoms with Crippen molar-refractivity contribution in [3.8, 4) is 0 Å². The van der Waals surface area contributed by atoms with Gasteiger partial charge in [0.25, 0.3) is 0 Å². The monoisotopic (exact) mass is 298 g/mol. The summed E-state index contributed by atoms with van der Waals surface area (Å²) in [5.74, 6) is -0.701. The van der Waals surface area contributed by atoms with E-state index < -0.39 is 12.2 Å². The van der Waals surface area contributed by atoms with E-state index in [-0.39, 0.29) is 37.8 Å². The number of benzene rings is 1. The minimum absolute atomic E-state index is 0.0177. The largest absolute Gasteiger partial charge is 0.450 e. The molecule has 0 aromatic heterocycles. The maximum Gasteiger partial charge on any atom is 0.407 e. The number of carbonyl (C=O) groups excluding carboxylic acids is 2. The van der Waals surface area contributed by atoms with Gasteiger partial charge in [-0.1, -0.05) is 12.1 Å². The van der Waals surface area contributed by atoms with Gasteiger partial charge in [-0.2, -0.15) is 0 Å². The first-order valence-electron chi connectivity index (χ1n) is 6.63. The number of nitrogens with one attached hydrogen (secondary N) is 2. The van der Waals surface area contributed by atoms with Gasteiger partial charge in [-0.3, -0.25) is 4.79 Å². The second-order valence-corrected chi connectivity index (χ2v) is 4.27. The predicted octanol–water partition coefficient (Wildman–Crippen LogP) is 1.11. The number of hydrogen-bond donors (Lipinski definition) is 3. The summed E-state index contributed by atoms with van der Waals surface area (Å²) in [4.78, 5) is 22.5. The number of aliphatic hydroxyl groups excluding tert-OH is 1. The lowest BCUT2D eigenvalue weighted by Gasteiger charge is -2.12. The van der Waals surface area contributed by atoms with Crippen molar-refractivity contribution in [1.29, 1.82) is 0 Å². The van der Waals surface area contributed by atoms with Crippen molar-refractivity contribution in [3.63, 3.8) is 0 Å². The van der Waals surface area contributed by atoms with Crippen LogP contribution in [0, 0.1) is 5.82 Å². The molecule has 1 unspecified atom stereocenters. The summed E-state index contributed by atoms with van der Waals surface area (Å²) in [6.07, 6.45) is -1.40. The van der Waals surface area contributed by atoms with Crippen LogP contribution in [0.5, 0.6) is 0 Å². The molecular weight excluding hydrogens is 279 g/mol. The van der Waals surface area contributed by atoms with E-state index in [2.05, 4.69) is 15.4 Å². The lowest BCUT2D eigenvalue weighted by Crippen LogP contribution is -2.33. The summed E-state index contributed by atoms with van der Waals surface area (Å²) in [5.41, 5.74) is 0.515. The Labute approximate surface area is 122 Å². The average molecular weight is 298 g/mol. The molecule has 0 fully saturated rings. The normalized spacial score (nSPS) is 11.6. The van der Waals surface area contributed by atoms with Crippen LogP contribution < -0.4 is 10.6 Å². The molecule has 0 spiro atoms. The van der Waals surface area contributed by atoms with E-state index in [1.54, 1.807) is 6.92 Å². The average Bonchev–Trinajstić information content (AvgIpc) is 2.46. The minimum Gasteiger partial charge on any atom is -0.450 e. The molecule has 21 heavy (non-hydrogen) atoms. The van der Waals surface area contributed by atoms with Gasteiger partial charge in [0, 0.05) is 19.5 Å². The first kappa shape index (κ1) is 16.9. The van der Waals surface area contributed by atoms with Gasteiger partial charge < -0.3 is 20.5 Å². The molecule has 0 aliphatic carbocycles. The van der Waals surface area contributed by atoms with Crippen molar-refractivity contribution in [3.05, 3.63) is 35.6 Å². The zero-order chi connectivity index (χ0) is 15.7. The van der Waals surface area contributed by atoms with Gasteiger partial charge in [0.05, 0.1) is 12.7 Å². The van der Waals surface area contributed by atoms with Crippen LogP contribution in [-0.2, 0) is 9.53 Å². The number of aliphatic hydroxyl groups is 1. The molecule has 0 aliphatic heterocycles. The zero-order valence-electron chi connectivity index (χ0n) is 11.8. The first-order chi connectivity index (χ1) is 10.0. The van der Waals surface area contributed by atoms with E-state index in [0.717, 1.165) is 0 Å². The van der Waals surface area contributed by atoms with Crippen LogP contribution in [0.2, 0.25) is 0 Å². The maximum absolute atomic E-state index is 12.7. The summed E-state index contributed by atoms with van der Waals surface area (Å²) in [6.45, 7) is 2.12. The predicted molar refractivity (Wildman–Crippen MR) is 74.0 cm³/mol. The Morgan fingerprint density at radius 1 is 1.29 bits per heavy atom. The van der Waals surface area contributed by atoms with Crippen molar-refractivity contribution < 1.29 is 23.8 Å². The van der Waals surface area contributed by atoms with Gasteiger partial charge in [-0.15, -0.1) is 0 Å². The van der Waals surface area contributed by atoms with E-state index in [1.807, 2.05) is 0 Å². The number of carbonyl (C=O) groups is 2. The molecular formula is C14H19FN2O4. The molecule has 0 bridgehead atoms. The van der Waals surface area contributed by atoms with Gasteiger partial charge in [0.1, 0.15) is 5.82 Å². The van der Waals surface area contributed by atoms with Crippen LogP contribution in [0.3, 0.4) is 0 Å². The van der Waals surface area contributed by atoms with Crippen LogP contribution in [-0.4, -0.2) is 36.8 Å². The third-order valence-electron chi connectivity index (χ3n) is 2.64.